The predicted octanol–water partition coefficient (Wildman–Crippen LogP) is 5.79. The van der Waals surface area contributed by atoms with E-state index in [9.17, 15) is 12.8 Å². The fourth-order valence-electron chi connectivity index (χ4n) is 5.59. The number of aromatic nitrogens is 1. The maximum absolute atomic E-state index is 15.9. The Balaban J connectivity index is 1.44. The number of ether oxygens (including phenoxy) is 2. The zero-order valence-corrected chi connectivity index (χ0v) is 26.0. The van der Waals surface area contributed by atoms with Crippen molar-refractivity contribution in [2.24, 2.45) is 0 Å². The summed E-state index contributed by atoms with van der Waals surface area (Å²) in [5.41, 5.74) is 2.96. The smallest absolute Gasteiger partial charge is 0.268 e. The normalized spacial score (nSPS) is 15.3. The molecular weight excluding hydrogens is 586 g/mol. The molecule has 0 N–H and O–H groups in total. The first-order chi connectivity index (χ1) is 21.1. The van der Waals surface area contributed by atoms with Gasteiger partial charge in [-0.3, -0.25) is 4.90 Å². The van der Waals surface area contributed by atoms with Gasteiger partial charge in [-0.05, 0) is 60.9 Å². The number of anilines is 2. The van der Waals surface area contributed by atoms with Crippen LogP contribution in [0.2, 0.25) is 0 Å². The van der Waals surface area contributed by atoms with Crippen LogP contribution in [0.4, 0.5) is 20.3 Å². The van der Waals surface area contributed by atoms with E-state index in [1.807, 2.05) is 30.1 Å². The second-order valence-electron chi connectivity index (χ2n) is 10.9. The quantitative estimate of drug-likeness (QED) is 0.210. The molecule has 1 aliphatic rings. The van der Waals surface area contributed by atoms with Crippen LogP contribution in [-0.4, -0.2) is 58.7 Å². The van der Waals surface area contributed by atoms with Gasteiger partial charge in [0.2, 0.25) is 0 Å². The van der Waals surface area contributed by atoms with Gasteiger partial charge in [0.1, 0.15) is 33.8 Å². The van der Waals surface area contributed by atoms with E-state index in [2.05, 4.69) is 22.0 Å². The van der Waals surface area contributed by atoms with E-state index in [1.165, 1.54) is 38.0 Å². The molecule has 1 fully saturated rings. The van der Waals surface area contributed by atoms with E-state index in [0.717, 1.165) is 42.6 Å². The molecule has 0 unspecified atom stereocenters. The Morgan fingerprint density at radius 2 is 1.77 bits per heavy atom. The second-order valence-corrected chi connectivity index (χ2v) is 12.7. The summed E-state index contributed by atoms with van der Waals surface area (Å²) in [7, 11) is 0.372. The topological polar surface area (TPSA) is 75.2 Å². The number of rotatable bonds is 11. The molecule has 3 aromatic carbocycles. The van der Waals surface area contributed by atoms with Gasteiger partial charge < -0.3 is 14.4 Å². The summed E-state index contributed by atoms with van der Waals surface area (Å²) in [6.07, 6.45) is 1.82. The van der Waals surface area contributed by atoms with Crippen LogP contribution in [0.3, 0.4) is 0 Å². The van der Waals surface area contributed by atoms with Gasteiger partial charge in [0.15, 0.2) is 0 Å². The number of hydrogen-bond acceptors (Lipinski definition) is 7. The SMILES string of the molecule is COc1ccc(CN(c2ccc(F)cn2)S(=O)(=O)c2cc(C)c(N(C)[C@H]3CCN(Cc4ccccc4)C3)cc2F)c(OC)c1. The number of pyridine rings is 1. The Kier molecular flexibility index (Phi) is 9.36. The van der Waals surface area contributed by atoms with Crippen LogP contribution < -0.4 is 18.7 Å². The van der Waals surface area contributed by atoms with Crippen LogP contribution in [0.5, 0.6) is 11.5 Å². The summed E-state index contributed by atoms with van der Waals surface area (Å²) < 4.78 is 69.6. The average molecular weight is 623 g/mol. The third-order valence-corrected chi connectivity index (χ3v) is 9.78. The van der Waals surface area contributed by atoms with E-state index in [1.54, 1.807) is 25.1 Å². The molecule has 232 valence electrons. The molecule has 0 bridgehead atoms. The van der Waals surface area contributed by atoms with Crippen molar-refractivity contribution in [3.05, 3.63) is 107 Å². The van der Waals surface area contributed by atoms with Gasteiger partial charge in [-0.1, -0.05) is 30.3 Å². The summed E-state index contributed by atoms with van der Waals surface area (Å²) in [6, 6.07) is 20.3. The number of nitrogens with zero attached hydrogens (tertiary/aromatic N) is 4. The number of benzene rings is 3. The summed E-state index contributed by atoms with van der Waals surface area (Å²) in [5, 5.41) is 0. The summed E-state index contributed by atoms with van der Waals surface area (Å²) in [4.78, 5) is 7.91. The van der Waals surface area contributed by atoms with Crippen LogP contribution in [0.1, 0.15) is 23.1 Å². The van der Waals surface area contributed by atoms with Gasteiger partial charge in [-0.25, -0.2) is 26.5 Å². The van der Waals surface area contributed by atoms with Crippen molar-refractivity contribution >= 4 is 21.5 Å². The minimum absolute atomic E-state index is 0.0630. The molecule has 2 heterocycles. The van der Waals surface area contributed by atoms with Crippen molar-refractivity contribution in [3.8, 4) is 11.5 Å². The van der Waals surface area contributed by atoms with Crippen LogP contribution in [-0.2, 0) is 23.1 Å². The maximum Gasteiger partial charge on any atom is 0.268 e. The fourth-order valence-corrected chi connectivity index (χ4v) is 7.12. The fraction of sp³-hybridized carbons (Fsp3) is 0.303. The number of hydrogen-bond donors (Lipinski definition) is 0. The summed E-state index contributed by atoms with van der Waals surface area (Å²) in [6.45, 7) is 4.08. The van der Waals surface area contributed by atoms with Crippen molar-refractivity contribution in [1.29, 1.82) is 0 Å². The van der Waals surface area contributed by atoms with Gasteiger partial charge >= 0.3 is 0 Å². The third kappa shape index (κ3) is 6.63. The molecule has 1 aromatic heterocycles. The lowest BCUT2D eigenvalue weighted by atomic mass is 10.1. The molecule has 0 spiro atoms. The number of likely N-dealkylation sites (N-methyl/N-ethyl adjacent to an activating group) is 1. The van der Waals surface area contributed by atoms with E-state index in [-0.39, 0.29) is 18.4 Å². The summed E-state index contributed by atoms with van der Waals surface area (Å²) in [5.74, 6) is -0.681. The van der Waals surface area contributed by atoms with Crippen molar-refractivity contribution in [1.82, 2.24) is 9.88 Å². The van der Waals surface area contributed by atoms with Crippen LogP contribution in [0.25, 0.3) is 0 Å². The number of halogens is 2. The zero-order valence-electron chi connectivity index (χ0n) is 25.2. The lowest BCUT2D eigenvalue weighted by molar-refractivity contribution is 0.326. The van der Waals surface area contributed by atoms with Gasteiger partial charge in [-0.15, -0.1) is 0 Å². The molecular formula is C33H36F2N4O4S. The molecule has 5 rings (SSSR count). The lowest BCUT2D eigenvalue weighted by Crippen LogP contribution is -2.35. The predicted molar refractivity (Wildman–Crippen MR) is 167 cm³/mol. The van der Waals surface area contributed by atoms with Gasteiger partial charge in [0.05, 0.1) is 27.0 Å². The van der Waals surface area contributed by atoms with Crippen molar-refractivity contribution < 1.29 is 26.7 Å². The Bertz CT molecular complexity index is 1710. The lowest BCUT2D eigenvalue weighted by Gasteiger charge is -2.30. The Labute approximate surface area is 257 Å². The molecule has 0 saturated carbocycles. The molecule has 0 radical (unpaired) electrons. The highest BCUT2D eigenvalue weighted by Crippen LogP contribution is 2.34. The van der Waals surface area contributed by atoms with E-state index < -0.39 is 26.6 Å². The molecule has 11 heteroatoms. The first-order valence-electron chi connectivity index (χ1n) is 14.2. The average Bonchev–Trinajstić information content (AvgIpc) is 3.49. The van der Waals surface area contributed by atoms with Gasteiger partial charge in [0.25, 0.3) is 10.0 Å². The Hall–Kier alpha value is -4.22. The Morgan fingerprint density at radius 3 is 2.45 bits per heavy atom. The molecule has 4 aromatic rings. The zero-order chi connectivity index (χ0) is 31.4. The first kappa shape index (κ1) is 31.2. The number of aryl methyl sites for hydroxylation is 1. The number of sulfonamides is 1. The molecule has 44 heavy (non-hydrogen) atoms. The van der Waals surface area contributed by atoms with Crippen molar-refractivity contribution in [2.75, 3.05) is 43.6 Å². The molecule has 8 nitrogen and oxygen atoms in total. The molecule has 1 aliphatic heterocycles. The summed E-state index contributed by atoms with van der Waals surface area (Å²) >= 11 is 0. The third-order valence-electron chi connectivity index (χ3n) is 8.02. The second kappa shape index (κ2) is 13.2. The van der Waals surface area contributed by atoms with E-state index in [4.69, 9.17) is 9.47 Å². The van der Waals surface area contributed by atoms with Crippen LogP contribution in [0.15, 0.2) is 83.9 Å². The minimum Gasteiger partial charge on any atom is -0.497 e. The maximum atomic E-state index is 15.9. The largest absolute Gasteiger partial charge is 0.497 e. The molecule has 1 saturated heterocycles. The van der Waals surface area contributed by atoms with E-state index in [0.29, 0.717) is 28.3 Å². The molecule has 1 atom stereocenters. The van der Waals surface area contributed by atoms with Crippen molar-refractivity contribution in [3.63, 3.8) is 0 Å². The molecule has 0 aliphatic carbocycles. The standard InChI is InChI=1S/C33H36F2N4O4S/c1-23-16-32(29(35)18-30(23)37(2)27-14-15-38(22-27)20-24-8-6-5-7-9-24)44(40,41)39(33-13-11-26(34)19-36-33)21-25-10-12-28(42-3)17-31(25)43-4/h5-13,16-19,27H,14-15,20-22H2,1-4H3/t27-/m0/s1. The highest BCUT2D eigenvalue weighted by atomic mass is 32.2. The van der Waals surface area contributed by atoms with Gasteiger partial charge in [0, 0.05) is 50.0 Å². The number of methoxy groups -OCH3 is 2. The Morgan fingerprint density at radius 1 is 1.00 bits per heavy atom. The number of likely N-dealkylation sites (tertiary alicyclic amines) is 1. The van der Waals surface area contributed by atoms with Crippen molar-refractivity contribution in [2.45, 2.75) is 37.4 Å². The first-order valence-corrected chi connectivity index (χ1v) is 15.7. The highest BCUT2D eigenvalue weighted by Gasteiger charge is 2.32. The molecule has 0 amide bonds. The van der Waals surface area contributed by atoms with Gasteiger partial charge in [-0.2, -0.15) is 0 Å². The monoisotopic (exact) mass is 622 g/mol. The highest BCUT2D eigenvalue weighted by molar-refractivity contribution is 7.92. The van der Waals surface area contributed by atoms with Crippen LogP contribution in [0, 0.1) is 18.6 Å². The van der Waals surface area contributed by atoms with Crippen LogP contribution >= 0.6 is 0 Å². The minimum atomic E-state index is -4.50. The van der Waals surface area contributed by atoms with E-state index >= 15 is 4.39 Å².